The molecule has 0 amide bonds. The van der Waals surface area contributed by atoms with Crippen molar-refractivity contribution in [3.63, 3.8) is 0 Å². The summed E-state index contributed by atoms with van der Waals surface area (Å²) in [6.07, 6.45) is 1.87. The number of ether oxygens (including phenoxy) is 1. The zero-order valence-electron chi connectivity index (χ0n) is 13.8. The number of esters is 1. The van der Waals surface area contributed by atoms with Crippen LogP contribution in [0.25, 0.3) is 16.9 Å². The van der Waals surface area contributed by atoms with Crippen molar-refractivity contribution in [2.75, 3.05) is 0 Å². The van der Waals surface area contributed by atoms with Crippen LogP contribution in [-0.4, -0.2) is 26.2 Å². The second-order valence-corrected chi connectivity index (χ2v) is 6.96. The van der Waals surface area contributed by atoms with Gasteiger partial charge in [-0.2, -0.15) is 5.10 Å². The highest BCUT2D eigenvalue weighted by Crippen LogP contribution is 2.20. The molecule has 3 rings (SSSR count). The summed E-state index contributed by atoms with van der Waals surface area (Å²) in [4.78, 5) is 16.3. The highest BCUT2D eigenvalue weighted by molar-refractivity contribution is 6.30. The number of imidazole rings is 1. The molecule has 24 heavy (non-hydrogen) atoms. The molecule has 6 heteroatoms. The van der Waals surface area contributed by atoms with Gasteiger partial charge >= 0.3 is 5.97 Å². The molecular formula is C18H18ClN3O2. The normalized spacial score (nSPS) is 11.7. The molecule has 0 atom stereocenters. The maximum atomic E-state index is 11.9. The Kier molecular flexibility index (Phi) is 4.28. The summed E-state index contributed by atoms with van der Waals surface area (Å²) in [5, 5.41) is 5.22. The van der Waals surface area contributed by atoms with E-state index >= 15 is 0 Å². The van der Waals surface area contributed by atoms with E-state index in [-0.39, 0.29) is 12.4 Å². The minimum atomic E-state index is -0.504. The van der Waals surface area contributed by atoms with Gasteiger partial charge in [-0.1, -0.05) is 23.7 Å². The van der Waals surface area contributed by atoms with Crippen LogP contribution in [0.1, 0.15) is 26.5 Å². The first-order valence-corrected chi connectivity index (χ1v) is 8.01. The summed E-state index contributed by atoms with van der Waals surface area (Å²) in [5.74, 6) is -0.302. The number of aromatic nitrogens is 3. The van der Waals surface area contributed by atoms with Crippen molar-refractivity contribution < 1.29 is 9.53 Å². The lowest BCUT2D eigenvalue weighted by Gasteiger charge is -2.18. The van der Waals surface area contributed by atoms with Gasteiger partial charge in [0.05, 0.1) is 24.0 Å². The van der Waals surface area contributed by atoms with Crippen LogP contribution in [0.15, 0.2) is 42.6 Å². The molecule has 3 aromatic rings. The summed E-state index contributed by atoms with van der Waals surface area (Å²) in [6.45, 7) is 5.53. The Morgan fingerprint density at radius 2 is 1.88 bits per heavy atom. The lowest BCUT2D eigenvalue weighted by molar-refractivity contribution is -0.153. The van der Waals surface area contributed by atoms with Gasteiger partial charge in [0.25, 0.3) is 0 Å². The van der Waals surface area contributed by atoms with Crippen LogP contribution in [0.2, 0.25) is 5.02 Å². The third kappa shape index (κ3) is 3.92. The van der Waals surface area contributed by atoms with Crippen molar-refractivity contribution in [3.8, 4) is 11.3 Å². The van der Waals surface area contributed by atoms with E-state index in [2.05, 4.69) is 10.1 Å². The maximum absolute atomic E-state index is 11.9. The van der Waals surface area contributed by atoms with Crippen LogP contribution >= 0.6 is 11.6 Å². The van der Waals surface area contributed by atoms with Gasteiger partial charge in [0.2, 0.25) is 0 Å². The highest BCUT2D eigenvalue weighted by atomic mass is 35.5. The molecule has 0 saturated carbocycles. The molecule has 1 aromatic carbocycles. The van der Waals surface area contributed by atoms with Gasteiger partial charge in [-0.05, 0) is 45.0 Å². The van der Waals surface area contributed by atoms with Gasteiger partial charge in [-0.3, -0.25) is 4.79 Å². The molecule has 0 fully saturated rings. The Balaban J connectivity index is 1.84. The van der Waals surface area contributed by atoms with Crippen LogP contribution < -0.4 is 0 Å². The predicted molar refractivity (Wildman–Crippen MR) is 93.0 cm³/mol. The first-order chi connectivity index (χ1) is 11.3. The number of rotatable bonds is 3. The summed E-state index contributed by atoms with van der Waals surface area (Å²) >= 11 is 5.91. The molecule has 0 aliphatic carbocycles. The van der Waals surface area contributed by atoms with Gasteiger partial charge < -0.3 is 4.74 Å². The van der Waals surface area contributed by atoms with Gasteiger partial charge in [0, 0.05) is 10.6 Å². The fourth-order valence-electron chi connectivity index (χ4n) is 2.32. The minimum absolute atomic E-state index is 0.122. The molecule has 0 N–H and O–H groups in total. The van der Waals surface area contributed by atoms with Crippen LogP contribution in [0.4, 0.5) is 0 Å². The van der Waals surface area contributed by atoms with E-state index < -0.39 is 5.60 Å². The SMILES string of the molecule is CC(C)(C)OC(=O)Cc1cn2nc(-c3ccc(Cl)cc3)ccc2n1. The number of benzene rings is 1. The Morgan fingerprint density at radius 3 is 2.54 bits per heavy atom. The fourth-order valence-corrected chi connectivity index (χ4v) is 2.44. The molecule has 0 aliphatic rings. The monoisotopic (exact) mass is 343 g/mol. The van der Waals surface area contributed by atoms with Crippen molar-refractivity contribution in [2.24, 2.45) is 0 Å². The number of fused-ring (bicyclic) bond motifs is 1. The molecule has 2 aromatic heterocycles. The number of carbonyl (C=O) groups excluding carboxylic acids is 1. The number of hydrogen-bond acceptors (Lipinski definition) is 4. The van der Waals surface area contributed by atoms with E-state index in [1.54, 1.807) is 10.7 Å². The molecule has 0 unspecified atom stereocenters. The van der Waals surface area contributed by atoms with Crippen LogP contribution in [0.3, 0.4) is 0 Å². The Morgan fingerprint density at radius 1 is 1.17 bits per heavy atom. The van der Waals surface area contributed by atoms with Gasteiger partial charge in [-0.15, -0.1) is 0 Å². The van der Waals surface area contributed by atoms with E-state index in [0.717, 1.165) is 11.3 Å². The van der Waals surface area contributed by atoms with E-state index in [4.69, 9.17) is 16.3 Å². The highest BCUT2D eigenvalue weighted by Gasteiger charge is 2.18. The Hall–Kier alpha value is -2.40. The van der Waals surface area contributed by atoms with Crippen molar-refractivity contribution in [1.82, 2.24) is 14.6 Å². The molecule has 0 radical (unpaired) electrons. The first-order valence-electron chi connectivity index (χ1n) is 7.63. The number of hydrogen-bond donors (Lipinski definition) is 0. The van der Waals surface area contributed by atoms with E-state index in [1.165, 1.54) is 0 Å². The quantitative estimate of drug-likeness (QED) is 0.676. The number of carbonyl (C=O) groups is 1. The predicted octanol–water partition coefficient (Wildman–Crippen LogP) is 3.93. The lowest BCUT2D eigenvalue weighted by atomic mass is 10.1. The van der Waals surface area contributed by atoms with Crippen LogP contribution in [0.5, 0.6) is 0 Å². The second kappa shape index (κ2) is 6.24. The van der Waals surface area contributed by atoms with Crippen LogP contribution in [0, 0.1) is 0 Å². The second-order valence-electron chi connectivity index (χ2n) is 6.52. The molecule has 124 valence electrons. The molecule has 0 saturated heterocycles. The zero-order valence-corrected chi connectivity index (χ0v) is 14.5. The van der Waals surface area contributed by atoms with E-state index in [0.29, 0.717) is 16.4 Å². The molecule has 2 heterocycles. The molecule has 0 aliphatic heterocycles. The largest absolute Gasteiger partial charge is 0.460 e. The van der Waals surface area contributed by atoms with E-state index in [1.807, 2.05) is 57.2 Å². The van der Waals surface area contributed by atoms with Crippen LogP contribution in [-0.2, 0) is 16.0 Å². The third-order valence-corrected chi connectivity index (χ3v) is 3.51. The molecule has 0 bridgehead atoms. The third-order valence-electron chi connectivity index (χ3n) is 3.26. The fraction of sp³-hybridized carbons (Fsp3) is 0.278. The van der Waals surface area contributed by atoms with Crippen molar-refractivity contribution in [2.45, 2.75) is 32.8 Å². The lowest BCUT2D eigenvalue weighted by Crippen LogP contribution is -2.24. The topological polar surface area (TPSA) is 56.5 Å². The average molecular weight is 344 g/mol. The number of nitrogens with zero attached hydrogens (tertiary/aromatic N) is 3. The van der Waals surface area contributed by atoms with Crippen molar-refractivity contribution in [1.29, 1.82) is 0 Å². The zero-order chi connectivity index (χ0) is 17.3. The number of halogens is 1. The van der Waals surface area contributed by atoms with E-state index in [9.17, 15) is 4.79 Å². The first kappa shape index (κ1) is 16.5. The summed E-state index contributed by atoms with van der Waals surface area (Å²) in [6, 6.07) is 11.2. The maximum Gasteiger partial charge on any atom is 0.312 e. The van der Waals surface area contributed by atoms with Crippen molar-refractivity contribution in [3.05, 3.63) is 53.3 Å². The van der Waals surface area contributed by atoms with Gasteiger partial charge in [0.15, 0.2) is 5.65 Å². The Bertz CT molecular complexity index is 879. The minimum Gasteiger partial charge on any atom is -0.460 e. The summed E-state index contributed by atoms with van der Waals surface area (Å²) in [5.41, 5.74) is 2.58. The van der Waals surface area contributed by atoms with Gasteiger partial charge in [-0.25, -0.2) is 9.50 Å². The van der Waals surface area contributed by atoms with Crippen molar-refractivity contribution >= 4 is 23.2 Å². The summed E-state index contributed by atoms with van der Waals surface area (Å²) < 4.78 is 6.99. The average Bonchev–Trinajstić information content (AvgIpc) is 2.86. The molecule has 0 spiro atoms. The molecular weight excluding hydrogens is 326 g/mol. The van der Waals surface area contributed by atoms with Gasteiger partial charge in [0.1, 0.15) is 5.60 Å². The Labute approximate surface area is 145 Å². The standard InChI is InChI=1S/C18H18ClN3O2/c1-18(2,3)24-17(23)10-14-11-22-16(20-14)9-8-15(21-22)12-4-6-13(19)7-5-12/h4-9,11H,10H2,1-3H3. The smallest absolute Gasteiger partial charge is 0.312 e. The summed E-state index contributed by atoms with van der Waals surface area (Å²) in [7, 11) is 0. The molecule has 5 nitrogen and oxygen atoms in total.